The van der Waals surface area contributed by atoms with Gasteiger partial charge in [-0.25, -0.2) is 4.79 Å². The van der Waals surface area contributed by atoms with Crippen molar-refractivity contribution < 1.29 is 23.1 Å². The second kappa shape index (κ2) is 10.5. The fourth-order valence-corrected chi connectivity index (χ4v) is 4.52. The van der Waals surface area contributed by atoms with E-state index in [1.807, 2.05) is 30.3 Å². The maximum absolute atomic E-state index is 13.3. The molecule has 0 saturated heterocycles. The van der Waals surface area contributed by atoms with Crippen LogP contribution >= 0.6 is 19.2 Å². The number of carbonyl (C=O) groups is 1. The first kappa shape index (κ1) is 21.5. The van der Waals surface area contributed by atoms with Crippen molar-refractivity contribution in [1.82, 2.24) is 5.32 Å². The molecule has 1 N–H and O–H groups in total. The lowest BCUT2D eigenvalue weighted by Crippen LogP contribution is -2.30. The third kappa shape index (κ3) is 6.36. The topological polar surface area (TPSA) is 73.9 Å². The molecule has 2 aromatic rings. The summed E-state index contributed by atoms with van der Waals surface area (Å²) in [5.41, 5.74) is 1.34. The Kier molecular flexibility index (Phi) is 8.32. The Morgan fingerprint density at radius 1 is 1.07 bits per heavy atom. The number of rotatable bonds is 9. The molecule has 2 rings (SSSR count). The van der Waals surface area contributed by atoms with Gasteiger partial charge in [-0.15, -0.1) is 0 Å². The highest BCUT2D eigenvalue weighted by atomic mass is 35.5. The van der Waals surface area contributed by atoms with Crippen LogP contribution in [0.25, 0.3) is 0 Å². The van der Waals surface area contributed by atoms with Crippen LogP contribution in [0.3, 0.4) is 0 Å². The molecule has 2 aromatic carbocycles. The van der Waals surface area contributed by atoms with Crippen LogP contribution in [0.5, 0.6) is 0 Å². The summed E-state index contributed by atoms with van der Waals surface area (Å²) in [7, 11) is -3.69. The summed E-state index contributed by atoms with van der Waals surface area (Å²) in [6.45, 7) is 3.82. The van der Waals surface area contributed by atoms with Crippen molar-refractivity contribution in [3.63, 3.8) is 0 Å². The number of hydrogen-bond acceptors (Lipinski definition) is 5. The van der Waals surface area contributed by atoms with Crippen LogP contribution in [0, 0.1) is 0 Å². The predicted molar refractivity (Wildman–Crippen MR) is 105 cm³/mol. The summed E-state index contributed by atoms with van der Waals surface area (Å²) >= 11 is 6.06. The number of hydrogen-bond donors (Lipinski definition) is 1. The lowest BCUT2D eigenvalue weighted by atomic mass is 10.2. The van der Waals surface area contributed by atoms with Gasteiger partial charge in [-0.05, 0) is 37.1 Å². The molecule has 0 aliphatic carbocycles. The van der Waals surface area contributed by atoms with E-state index in [1.165, 1.54) is 0 Å². The first-order chi connectivity index (χ1) is 13.0. The minimum absolute atomic E-state index is 0.0858. The first-order valence-corrected chi connectivity index (χ1v) is 10.6. The molecule has 0 saturated carbocycles. The van der Waals surface area contributed by atoms with E-state index in [9.17, 15) is 9.36 Å². The van der Waals surface area contributed by atoms with E-state index >= 15 is 0 Å². The highest BCUT2D eigenvalue weighted by molar-refractivity contribution is 7.54. The molecule has 0 bridgehead atoms. The van der Waals surface area contributed by atoms with Crippen LogP contribution in [0.1, 0.15) is 30.8 Å². The van der Waals surface area contributed by atoms with E-state index < -0.39 is 19.5 Å². The van der Waals surface area contributed by atoms with Crippen molar-refractivity contribution in [3.05, 3.63) is 70.7 Å². The van der Waals surface area contributed by atoms with Gasteiger partial charge in [-0.3, -0.25) is 4.57 Å². The molecule has 1 amide bonds. The SMILES string of the molecule is CCOP(=O)(OCC)C(NC(=O)OCc1ccccc1)c1cccc(Cl)c1. The Hall–Kier alpha value is -1.85. The van der Waals surface area contributed by atoms with Crippen LogP contribution in [0.15, 0.2) is 54.6 Å². The molecule has 146 valence electrons. The summed E-state index contributed by atoms with van der Waals surface area (Å²) in [6, 6.07) is 15.9. The zero-order valence-corrected chi connectivity index (χ0v) is 16.9. The third-order valence-corrected chi connectivity index (χ3v) is 6.10. The molecule has 0 radical (unpaired) electrons. The van der Waals surface area contributed by atoms with Gasteiger partial charge in [-0.1, -0.05) is 54.1 Å². The smallest absolute Gasteiger partial charge is 0.408 e. The van der Waals surface area contributed by atoms with Gasteiger partial charge in [0.15, 0.2) is 5.78 Å². The molecule has 1 atom stereocenters. The van der Waals surface area contributed by atoms with Crippen molar-refractivity contribution in [3.8, 4) is 0 Å². The maximum Gasteiger partial charge on any atom is 0.408 e. The number of ether oxygens (including phenoxy) is 1. The summed E-state index contributed by atoms with van der Waals surface area (Å²) in [5.74, 6) is -1.04. The number of nitrogens with one attached hydrogen (secondary N) is 1. The monoisotopic (exact) mass is 411 g/mol. The summed E-state index contributed by atoms with van der Waals surface area (Å²) in [6.07, 6.45) is -0.733. The van der Waals surface area contributed by atoms with Gasteiger partial charge in [0, 0.05) is 5.02 Å². The quantitative estimate of drug-likeness (QED) is 0.549. The van der Waals surface area contributed by atoms with Crippen molar-refractivity contribution in [2.75, 3.05) is 13.2 Å². The van der Waals surface area contributed by atoms with Gasteiger partial charge in [-0.2, -0.15) is 0 Å². The van der Waals surface area contributed by atoms with Crippen LogP contribution in [-0.2, 0) is 25.0 Å². The van der Waals surface area contributed by atoms with E-state index in [1.54, 1.807) is 38.1 Å². The van der Waals surface area contributed by atoms with Gasteiger partial charge < -0.3 is 19.1 Å². The van der Waals surface area contributed by atoms with E-state index in [2.05, 4.69) is 5.32 Å². The van der Waals surface area contributed by atoms with Crippen molar-refractivity contribution in [2.24, 2.45) is 0 Å². The molecule has 27 heavy (non-hydrogen) atoms. The minimum atomic E-state index is -3.69. The van der Waals surface area contributed by atoms with Crippen LogP contribution in [0.2, 0.25) is 5.02 Å². The van der Waals surface area contributed by atoms with Crippen molar-refractivity contribution >= 4 is 25.3 Å². The highest BCUT2D eigenvalue weighted by Gasteiger charge is 2.38. The molecule has 8 heteroatoms. The second-order valence-corrected chi connectivity index (χ2v) is 8.09. The number of halogens is 1. The van der Waals surface area contributed by atoms with E-state index in [-0.39, 0.29) is 19.8 Å². The van der Waals surface area contributed by atoms with Gasteiger partial charge in [0.2, 0.25) is 0 Å². The Labute approximate surface area is 164 Å². The molecule has 0 aliphatic heterocycles. The molecule has 6 nitrogen and oxygen atoms in total. The number of carbonyl (C=O) groups excluding carboxylic acids is 1. The van der Waals surface area contributed by atoms with E-state index in [0.29, 0.717) is 10.6 Å². The Morgan fingerprint density at radius 3 is 2.33 bits per heavy atom. The first-order valence-electron chi connectivity index (χ1n) is 8.60. The highest BCUT2D eigenvalue weighted by Crippen LogP contribution is 2.59. The molecule has 0 fully saturated rings. The molecule has 0 aliphatic rings. The Morgan fingerprint density at radius 2 is 1.74 bits per heavy atom. The van der Waals surface area contributed by atoms with Crippen molar-refractivity contribution in [2.45, 2.75) is 26.2 Å². The molecule has 1 unspecified atom stereocenters. The Bertz CT molecular complexity index is 777. The van der Waals surface area contributed by atoms with Gasteiger partial charge >= 0.3 is 13.7 Å². The molecule has 0 aromatic heterocycles. The summed E-state index contributed by atoms with van der Waals surface area (Å²) in [5, 5.41) is 3.05. The van der Waals surface area contributed by atoms with Crippen molar-refractivity contribution in [1.29, 1.82) is 0 Å². The van der Waals surface area contributed by atoms with Gasteiger partial charge in [0.25, 0.3) is 0 Å². The zero-order chi connectivity index (χ0) is 19.7. The summed E-state index contributed by atoms with van der Waals surface area (Å²) in [4.78, 5) is 12.3. The number of amides is 1. The lowest BCUT2D eigenvalue weighted by molar-refractivity contribution is 0.134. The normalized spacial score (nSPS) is 12.4. The third-order valence-electron chi connectivity index (χ3n) is 3.57. The summed E-state index contributed by atoms with van der Waals surface area (Å²) < 4.78 is 29.3. The fraction of sp³-hybridized carbons (Fsp3) is 0.316. The largest absolute Gasteiger partial charge is 0.445 e. The number of benzene rings is 2. The van der Waals surface area contributed by atoms with Crippen LogP contribution < -0.4 is 5.32 Å². The number of alkyl carbamates (subject to hydrolysis) is 1. The minimum Gasteiger partial charge on any atom is -0.445 e. The molecular weight excluding hydrogens is 389 g/mol. The molecular formula is C19H23ClNO5P. The fourth-order valence-electron chi connectivity index (χ4n) is 2.44. The maximum atomic E-state index is 13.3. The molecule has 0 heterocycles. The van der Waals surface area contributed by atoms with Gasteiger partial charge in [0.05, 0.1) is 13.2 Å². The standard InChI is InChI=1S/C19H23ClNO5P/c1-3-25-27(23,26-4-2)18(16-11-8-12-17(20)13-16)21-19(22)24-14-15-9-6-5-7-10-15/h5-13,18H,3-4,14H2,1-2H3,(H,21,22). The zero-order valence-electron chi connectivity index (χ0n) is 15.3. The Balaban J connectivity index is 2.21. The predicted octanol–water partition coefficient (Wildman–Crippen LogP) is 5.53. The lowest BCUT2D eigenvalue weighted by Gasteiger charge is -2.27. The average molecular weight is 412 g/mol. The van der Waals surface area contributed by atoms with Crippen LogP contribution in [0.4, 0.5) is 4.79 Å². The van der Waals surface area contributed by atoms with E-state index in [4.69, 9.17) is 25.4 Å². The van der Waals surface area contributed by atoms with E-state index in [0.717, 1.165) is 5.56 Å². The van der Waals surface area contributed by atoms with Crippen LogP contribution in [-0.4, -0.2) is 19.3 Å². The average Bonchev–Trinajstić information content (AvgIpc) is 2.65. The van der Waals surface area contributed by atoms with Gasteiger partial charge in [0.1, 0.15) is 6.61 Å². The molecule has 0 spiro atoms. The second-order valence-electron chi connectivity index (χ2n) is 5.54.